The fourth-order valence-electron chi connectivity index (χ4n) is 7.44. The second-order valence-electron chi connectivity index (χ2n) is 14.9. The van der Waals surface area contributed by atoms with Crippen LogP contribution in [0.15, 0.2) is 30.3 Å². The first-order chi connectivity index (χ1) is 23.6. The van der Waals surface area contributed by atoms with Gasteiger partial charge in [-0.25, -0.2) is 0 Å². The molecule has 1 fully saturated rings. The molecule has 1 aliphatic rings. The van der Waals surface area contributed by atoms with Crippen LogP contribution in [-0.2, 0) is 35.1 Å². The number of amides is 4. The first-order valence-electron chi connectivity index (χ1n) is 18.6. The van der Waals surface area contributed by atoms with Gasteiger partial charge < -0.3 is 35.2 Å². The van der Waals surface area contributed by atoms with Crippen molar-refractivity contribution in [1.29, 1.82) is 0 Å². The van der Waals surface area contributed by atoms with Crippen LogP contribution in [0.3, 0.4) is 0 Å². The number of rotatable bonds is 20. The molecule has 1 aliphatic heterocycles. The molecule has 1 saturated heterocycles. The Morgan fingerprint density at radius 3 is 2.04 bits per heavy atom. The number of likely N-dealkylation sites (tertiary alicyclic amines) is 1. The van der Waals surface area contributed by atoms with Crippen molar-refractivity contribution in [2.45, 2.75) is 130 Å². The normalized spacial score (nSPS) is 19.6. The first kappa shape index (κ1) is 43.1. The summed E-state index contributed by atoms with van der Waals surface area (Å²) in [5.74, 6) is -1.22. The molecule has 9 atom stereocenters. The van der Waals surface area contributed by atoms with Crippen molar-refractivity contribution in [2.75, 3.05) is 34.9 Å². The van der Waals surface area contributed by atoms with Crippen LogP contribution in [0.5, 0.6) is 0 Å². The summed E-state index contributed by atoms with van der Waals surface area (Å²) >= 11 is 0. The molecule has 1 aromatic carbocycles. The summed E-state index contributed by atoms with van der Waals surface area (Å²) in [6, 6.07) is 8.14. The lowest BCUT2D eigenvalue weighted by Crippen LogP contribution is -2.59. The molecule has 50 heavy (non-hydrogen) atoms. The van der Waals surface area contributed by atoms with Crippen LogP contribution in [0, 0.1) is 23.7 Å². The van der Waals surface area contributed by atoms with Crippen molar-refractivity contribution in [3.63, 3.8) is 0 Å². The highest BCUT2D eigenvalue weighted by atomic mass is 16.5. The second-order valence-corrected chi connectivity index (χ2v) is 14.9. The van der Waals surface area contributed by atoms with E-state index in [0.717, 1.165) is 31.2 Å². The molecule has 0 spiro atoms. The third-order valence-corrected chi connectivity index (χ3v) is 10.5. The zero-order chi connectivity index (χ0) is 37.7. The molecule has 11 nitrogen and oxygen atoms in total. The van der Waals surface area contributed by atoms with Crippen LogP contribution >= 0.6 is 0 Å². The van der Waals surface area contributed by atoms with Gasteiger partial charge in [-0.2, -0.15) is 0 Å². The molecule has 284 valence electrons. The number of hydrogen-bond donors (Lipinski definition) is 3. The van der Waals surface area contributed by atoms with E-state index in [2.05, 4.69) is 29.8 Å². The first-order valence-corrected chi connectivity index (χ1v) is 18.6. The predicted molar refractivity (Wildman–Crippen MR) is 198 cm³/mol. The van der Waals surface area contributed by atoms with E-state index in [9.17, 15) is 19.2 Å². The van der Waals surface area contributed by atoms with Crippen LogP contribution < -0.4 is 16.0 Å². The van der Waals surface area contributed by atoms with Crippen molar-refractivity contribution in [1.82, 2.24) is 25.8 Å². The Kier molecular flexibility index (Phi) is 17.9. The zero-order valence-electron chi connectivity index (χ0n) is 32.8. The average Bonchev–Trinajstić information content (AvgIpc) is 3.56. The van der Waals surface area contributed by atoms with Crippen LogP contribution in [0.25, 0.3) is 0 Å². The third-order valence-electron chi connectivity index (χ3n) is 10.5. The lowest BCUT2D eigenvalue weighted by atomic mass is 9.89. The van der Waals surface area contributed by atoms with Crippen molar-refractivity contribution < 1.29 is 28.7 Å². The molecule has 2 rings (SSSR count). The van der Waals surface area contributed by atoms with E-state index in [1.54, 1.807) is 33.2 Å². The molecule has 0 bridgehead atoms. The highest BCUT2D eigenvalue weighted by molar-refractivity contribution is 5.90. The summed E-state index contributed by atoms with van der Waals surface area (Å²) in [5, 5.41) is 9.19. The van der Waals surface area contributed by atoms with Crippen LogP contribution in [-0.4, -0.2) is 111 Å². The standard InChI is InChI=1S/C39H67N5O6/c1-13-26(6)35(43(10)39(48)34(25(4)5)42-38(47)33(40-9)24(2)3)31(49-11)23-32(45)44-21-17-20-30(44)36(50-12)28(8)37(46)41-27(7)22-29-18-15-14-16-19-29/h14-16,18-19,24-28,30-31,33-36,40H,13,17,20-23H2,1-12H3,(H,41,46)(H,42,47)/t26?,27?,28?,30?,31?,33?,34-,35?,36?/m0/s1. The molecule has 0 radical (unpaired) electrons. The number of methoxy groups -OCH3 is 2. The summed E-state index contributed by atoms with van der Waals surface area (Å²) in [6.07, 6.45) is 2.01. The van der Waals surface area contributed by atoms with Gasteiger partial charge in [0.25, 0.3) is 0 Å². The molecule has 0 aliphatic carbocycles. The van der Waals surface area contributed by atoms with E-state index < -0.39 is 36.3 Å². The molecule has 11 heteroatoms. The van der Waals surface area contributed by atoms with Crippen molar-refractivity contribution in [3.8, 4) is 0 Å². The van der Waals surface area contributed by atoms with Crippen molar-refractivity contribution in [2.24, 2.45) is 23.7 Å². The average molecular weight is 702 g/mol. The van der Waals surface area contributed by atoms with Crippen LogP contribution in [0.2, 0.25) is 0 Å². The van der Waals surface area contributed by atoms with Crippen molar-refractivity contribution in [3.05, 3.63) is 35.9 Å². The Labute approximate surface area is 302 Å². The fourth-order valence-corrected chi connectivity index (χ4v) is 7.44. The molecule has 1 aromatic rings. The van der Waals surface area contributed by atoms with E-state index >= 15 is 0 Å². The fraction of sp³-hybridized carbons (Fsp3) is 0.744. The van der Waals surface area contributed by atoms with Gasteiger partial charge >= 0.3 is 0 Å². The van der Waals surface area contributed by atoms with Gasteiger partial charge in [0.15, 0.2) is 0 Å². The van der Waals surface area contributed by atoms with Gasteiger partial charge in [-0.3, -0.25) is 19.2 Å². The lowest BCUT2D eigenvalue weighted by Gasteiger charge is -2.41. The van der Waals surface area contributed by atoms with Gasteiger partial charge in [0.1, 0.15) is 6.04 Å². The summed E-state index contributed by atoms with van der Waals surface area (Å²) in [6.45, 7) is 16.3. The highest BCUT2D eigenvalue weighted by Gasteiger charge is 2.43. The number of benzene rings is 1. The van der Waals surface area contributed by atoms with Gasteiger partial charge in [-0.15, -0.1) is 0 Å². The maximum absolute atomic E-state index is 14.1. The Morgan fingerprint density at radius 1 is 0.900 bits per heavy atom. The van der Waals surface area contributed by atoms with Gasteiger partial charge in [-0.1, -0.05) is 85.2 Å². The van der Waals surface area contributed by atoms with E-state index in [-0.39, 0.29) is 59.9 Å². The number of hydrogen-bond acceptors (Lipinski definition) is 7. The molecule has 0 saturated carbocycles. The van der Waals surface area contributed by atoms with Gasteiger partial charge in [-0.05, 0) is 56.6 Å². The Morgan fingerprint density at radius 2 is 1.52 bits per heavy atom. The maximum atomic E-state index is 14.1. The van der Waals surface area contributed by atoms with Crippen LogP contribution in [0.1, 0.15) is 86.6 Å². The number of nitrogens with one attached hydrogen (secondary N) is 3. The van der Waals surface area contributed by atoms with E-state index in [4.69, 9.17) is 9.47 Å². The summed E-state index contributed by atoms with van der Waals surface area (Å²) < 4.78 is 12.0. The molecule has 3 N–H and O–H groups in total. The highest BCUT2D eigenvalue weighted by Crippen LogP contribution is 2.29. The molecular formula is C39H67N5O6. The molecular weight excluding hydrogens is 634 g/mol. The van der Waals surface area contributed by atoms with Gasteiger partial charge in [0, 0.05) is 33.9 Å². The Bertz CT molecular complexity index is 1210. The molecule has 4 amide bonds. The Balaban J connectivity index is 2.22. The quantitative estimate of drug-likeness (QED) is 0.187. The smallest absolute Gasteiger partial charge is 0.245 e. The lowest BCUT2D eigenvalue weighted by molar-refractivity contribution is -0.147. The summed E-state index contributed by atoms with van der Waals surface area (Å²) in [7, 11) is 6.67. The second kappa shape index (κ2) is 20.7. The summed E-state index contributed by atoms with van der Waals surface area (Å²) in [4.78, 5) is 58.3. The van der Waals surface area contributed by atoms with Crippen LogP contribution in [0.4, 0.5) is 0 Å². The number of likely N-dealkylation sites (N-methyl/N-ethyl adjacent to an activating group) is 2. The predicted octanol–water partition coefficient (Wildman–Crippen LogP) is 4.04. The minimum absolute atomic E-state index is 0.00799. The van der Waals surface area contributed by atoms with Crippen molar-refractivity contribution >= 4 is 23.6 Å². The van der Waals surface area contributed by atoms with Gasteiger partial charge in [0.2, 0.25) is 23.6 Å². The third kappa shape index (κ3) is 11.5. The largest absolute Gasteiger partial charge is 0.379 e. The monoisotopic (exact) mass is 702 g/mol. The number of ether oxygens (including phenoxy) is 2. The zero-order valence-corrected chi connectivity index (χ0v) is 32.8. The topological polar surface area (TPSA) is 129 Å². The minimum Gasteiger partial charge on any atom is -0.379 e. The number of nitrogens with zero attached hydrogens (tertiary/aromatic N) is 2. The maximum Gasteiger partial charge on any atom is 0.245 e. The van der Waals surface area contributed by atoms with E-state index in [1.165, 1.54) is 0 Å². The number of carbonyl (C=O) groups excluding carboxylic acids is 4. The summed E-state index contributed by atoms with van der Waals surface area (Å²) in [5.41, 5.74) is 1.15. The Hall–Kier alpha value is -3.02. The SMILES string of the molecule is CCC(C)C(C(CC(=O)N1CCCC1C(OC)C(C)C(=O)NC(C)Cc1ccccc1)OC)N(C)C(=O)[C@@H](NC(=O)C(NC)C(C)C)C(C)C. The minimum atomic E-state index is -0.740. The van der Waals surface area contributed by atoms with E-state index in [1.807, 2.05) is 76.8 Å². The molecule has 0 aromatic heterocycles. The molecule has 8 unspecified atom stereocenters. The van der Waals surface area contributed by atoms with Gasteiger partial charge in [0.05, 0.1) is 42.7 Å². The van der Waals surface area contributed by atoms with E-state index in [0.29, 0.717) is 6.54 Å². The molecule has 1 heterocycles. The number of carbonyl (C=O) groups is 4.